The first kappa shape index (κ1) is 16.7. The number of amides is 2. The number of carbonyl (C=O) groups is 2. The van der Waals surface area contributed by atoms with E-state index in [1.165, 1.54) is 12.1 Å². The van der Waals surface area contributed by atoms with Gasteiger partial charge in [0.1, 0.15) is 5.82 Å². The summed E-state index contributed by atoms with van der Waals surface area (Å²) in [4.78, 5) is 32.4. The number of fused-ring (bicyclic) bond motifs is 1. The quantitative estimate of drug-likeness (QED) is 0.879. The summed E-state index contributed by atoms with van der Waals surface area (Å²) in [5.41, 5.74) is 1.89. The number of rotatable bonds is 2. The molecular formula is C20H22FN3O3. The fourth-order valence-electron chi connectivity index (χ4n) is 5.08. The molecule has 0 unspecified atom stereocenters. The summed E-state index contributed by atoms with van der Waals surface area (Å²) in [5.74, 6) is -0.278. The van der Waals surface area contributed by atoms with Crippen LogP contribution in [0.15, 0.2) is 18.2 Å². The zero-order valence-corrected chi connectivity index (χ0v) is 15.3. The highest BCUT2D eigenvalue weighted by Crippen LogP contribution is 2.45. The van der Waals surface area contributed by atoms with Crippen molar-refractivity contribution >= 4 is 22.7 Å². The fraction of sp³-hybridized carbons (Fsp3) is 0.500. The van der Waals surface area contributed by atoms with Gasteiger partial charge in [-0.2, -0.15) is 0 Å². The van der Waals surface area contributed by atoms with E-state index in [9.17, 15) is 14.0 Å². The Balaban J connectivity index is 1.44. The molecule has 1 aromatic carbocycles. The standard InChI is InChI=1S/C20H22FN3O3/c1-12-14(15-9-13(21)3-4-16(15)22-12)10-18(25)23-7-5-20-17(23)11-19(26)24(20)6-2-8-27-20/h3-4,9,17,22H,2,5-8,10-11H2,1H3/t17-,20+/m1/s1. The normalized spacial score (nSPS) is 27.3. The van der Waals surface area contributed by atoms with Crippen LogP contribution < -0.4 is 0 Å². The number of halogens is 1. The van der Waals surface area contributed by atoms with Gasteiger partial charge in [0.2, 0.25) is 11.8 Å². The molecule has 4 heterocycles. The van der Waals surface area contributed by atoms with Crippen LogP contribution in [-0.4, -0.2) is 58.1 Å². The third kappa shape index (κ3) is 2.34. The number of carbonyl (C=O) groups excluding carboxylic acids is 2. The largest absolute Gasteiger partial charge is 0.358 e. The van der Waals surface area contributed by atoms with Gasteiger partial charge in [-0.3, -0.25) is 9.59 Å². The number of aromatic nitrogens is 1. The maximum Gasteiger partial charge on any atom is 0.227 e. The lowest BCUT2D eigenvalue weighted by atomic mass is 10.0. The van der Waals surface area contributed by atoms with Crippen molar-refractivity contribution in [2.45, 2.75) is 44.4 Å². The molecule has 0 aliphatic carbocycles. The second-order valence-electron chi connectivity index (χ2n) is 7.74. The fourth-order valence-corrected chi connectivity index (χ4v) is 5.08. The van der Waals surface area contributed by atoms with Crippen LogP contribution in [0.2, 0.25) is 0 Å². The molecule has 3 saturated heterocycles. The molecule has 7 heteroatoms. The Morgan fingerprint density at radius 2 is 2.26 bits per heavy atom. The number of nitrogens with zero attached hydrogens (tertiary/aromatic N) is 2. The molecule has 1 spiro atoms. The Hall–Kier alpha value is -2.41. The Morgan fingerprint density at radius 1 is 1.41 bits per heavy atom. The average molecular weight is 371 g/mol. The molecule has 6 nitrogen and oxygen atoms in total. The van der Waals surface area contributed by atoms with Gasteiger partial charge in [-0.1, -0.05) is 0 Å². The van der Waals surface area contributed by atoms with Gasteiger partial charge in [0.25, 0.3) is 0 Å². The number of nitrogens with one attached hydrogen (secondary N) is 1. The average Bonchev–Trinajstić information content (AvgIpc) is 3.23. The lowest BCUT2D eigenvalue weighted by Gasteiger charge is -2.42. The second kappa shape index (κ2) is 5.79. The minimum absolute atomic E-state index is 0.0334. The molecule has 3 aliphatic rings. The number of H-pyrrole nitrogens is 1. The van der Waals surface area contributed by atoms with Crippen molar-refractivity contribution in [1.82, 2.24) is 14.8 Å². The molecule has 142 valence electrons. The van der Waals surface area contributed by atoms with E-state index in [1.54, 1.807) is 11.0 Å². The van der Waals surface area contributed by atoms with Crippen LogP contribution in [0.5, 0.6) is 0 Å². The zero-order valence-electron chi connectivity index (χ0n) is 15.3. The summed E-state index contributed by atoms with van der Waals surface area (Å²) in [6.45, 7) is 3.82. The van der Waals surface area contributed by atoms with Crippen molar-refractivity contribution in [2.75, 3.05) is 19.7 Å². The van der Waals surface area contributed by atoms with Crippen molar-refractivity contribution < 1.29 is 18.7 Å². The number of aryl methyl sites for hydroxylation is 1. The molecule has 0 bridgehead atoms. The molecule has 0 saturated carbocycles. The molecule has 1 aromatic heterocycles. The predicted octanol–water partition coefficient (Wildman–Crippen LogP) is 2.11. The lowest BCUT2D eigenvalue weighted by molar-refractivity contribution is -0.181. The SMILES string of the molecule is Cc1[nH]c2ccc(F)cc2c1CC(=O)N1CC[C@@]23OCCCN2C(=O)C[C@@H]13. The van der Waals surface area contributed by atoms with Crippen LogP contribution in [0.1, 0.15) is 30.5 Å². The first-order valence-corrected chi connectivity index (χ1v) is 9.50. The number of benzene rings is 1. The van der Waals surface area contributed by atoms with Crippen molar-refractivity contribution in [3.63, 3.8) is 0 Å². The minimum Gasteiger partial charge on any atom is -0.358 e. The monoisotopic (exact) mass is 371 g/mol. The Kier molecular flexibility index (Phi) is 3.59. The third-order valence-electron chi connectivity index (χ3n) is 6.34. The van der Waals surface area contributed by atoms with E-state index in [2.05, 4.69) is 4.98 Å². The van der Waals surface area contributed by atoms with Crippen LogP contribution >= 0.6 is 0 Å². The van der Waals surface area contributed by atoms with Crippen molar-refractivity contribution in [2.24, 2.45) is 0 Å². The topological polar surface area (TPSA) is 65.6 Å². The summed E-state index contributed by atoms with van der Waals surface area (Å²) < 4.78 is 19.8. The second-order valence-corrected chi connectivity index (χ2v) is 7.74. The molecule has 3 aliphatic heterocycles. The van der Waals surface area contributed by atoms with Crippen LogP contribution in [0.4, 0.5) is 4.39 Å². The number of hydrogen-bond acceptors (Lipinski definition) is 3. The summed E-state index contributed by atoms with van der Waals surface area (Å²) in [6.07, 6.45) is 2.02. The summed E-state index contributed by atoms with van der Waals surface area (Å²) >= 11 is 0. The summed E-state index contributed by atoms with van der Waals surface area (Å²) in [6, 6.07) is 4.35. The van der Waals surface area contributed by atoms with E-state index in [0.29, 0.717) is 32.5 Å². The molecule has 27 heavy (non-hydrogen) atoms. The van der Waals surface area contributed by atoms with Gasteiger partial charge >= 0.3 is 0 Å². The predicted molar refractivity (Wildman–Crippen MR) is 96.4 cm³/mol. The van der Waals surface area contributed by atoms with E-state index < -0.39 is 5.72 Å². The van der Waals surface area contributed by atoms with Crippen molar-refractivity contribution in [3.8, 4) is 0 Å². The number of hydrogen-bond donors (Lipinski definition) is 1. The maximum atomic E-state index is 13.7. The number of likely N-dealkylation sites (tertiary alicyclic amines) is 1. The third-order valence-corrected chi connectivity index (χ3v) is 6.34. The minimum atomic E-state index is -0.633. The van der Waals surface area contributed by atoms with E-state index in [4.69, 9.17) is 4.74 Å². The van der Waals surface area contributed by atoms with Gasteiger partial charge in [0.05, 0.1) is 25.5 Å². The Bertz CT molecular complexity index is 955. The Labute approximate surface area is 156 Å². The molecule has 5 rings (SSSR count). The smallest absolute Gasteiger partial charge is 0.227 e. The number of ether oxygens (including phenoxy) is 1. The molecule has 3 fully saturated rings. The summed E-state index contributed by atoms with van der Waals surface area (Å²) in [7, 11) is 0. The zero-order chi connectivity index (χ0) is 18.8. The highest BCUT2D eigenvalue weighted by atomic mass is 19.1. The van der Waals surface area contributed by atoms with Crippen LogP contribution in [0.3, 0.4) is 0 Å². The number of aromatic amines is 1. The van der Waals surface area contributed by atoms with Gasteiger partial charge in [-0.25, -0.2) is 4.39 Å². The van der Waals surface area contributed by atoms with Gasteiger partial charge < -0.3 is 19.5 Å². The van der Waals surface area contributed by atoms with E-state index in [1.807, 2.05) is 11.8 Å². The molecule has 2 atom stereocenters. The van der Waals surface area contributed by atoms with Crippen molar-refractivity contribution in [1.29, 1.82) is 0 Å². The van der Waals surface area contributed by atoms with Gasteiger partial charge in [-0.15, -0.1) is 0 Å². The molecule has 0 radical (unpaired) electrons. The van der Waals surface area contributed by atoms with Gasteiger partial charge in [0.15, 0.2) is 5.72 Å². The van der Waals surface area contributed by atoms with E-state index in [-0.39, 0.29) is 30.1 Å². The van der Waals surface area contributed by atoms with E-state index >= 15 is 0 Å². The van der Waals surface area contributed by atoms with Crippen LogP contribution in [0, 0.1) is 12.7 Å². The molecule has 2 aromatic rings. The highest BCUT2D eigenvalue weighted by Gasteiger charge is 2.61. The Morgan fingerprint density at radius 3 is 3.11 bits per heavy atom. The van der Waals surface area contributed by atoms with Gasteiger partial charge in [-0.05, 0) is 37.1 Å². The highest BCUT2D eigenvalue weighted by molar-refractivity contribution is 5.91. The van der Waals surface area contributed by atoms with Crippen LogP contribution in [0.25, 0.3) is 10.9 Å². The molecule has 2 amide bonds. The van der Waals surface area contributed by atoms with Gasteiger partial charge in [0, 0.05) is 36.1 Å². The van der Waals surface area contributed by atoms with E-state index in [0.717, 1.165) is 28.6 Å². The molecular weight excluding hydrogens is 349 g/mol. The first-order valence-electron chi connectivity index (χ1n) is 9.50. The first-order chi connectivity index (χ1) is 13.0. The summed E-state index contributed by atoms with van der Waals surface area (Å²) in [5, 5.41) is 0.743. The van der Waals surface area contributed by atoms with Crippen LogP contribution in [-0.2, 0) is 20.7 Å². The van der Waals surface area contributed by atoms with Crippen molar-refractivity contribution in [3.05, 3.63) is 35.3 Å². The lowest BCUT2D eigenvalue weighted by Crippen LogP contribution is -2.56. The molecule has 1 N–H and O–H groups in total. The maximum absolute atomic E-state index is 13.7.